The number of rotatable bonds is 4. The van der Waals surface area contributed by atoms with Gasteiger partial charge in [0, 0.05) is 14.1 Å². The third-order valence-corrected chi connectivity index (χ3v) is 3.36. The quantitative estimate of drug-likeness (QED) is 0.591. The molecule has 0 fully saturated rings. The summed E-state index contributed by atoms with van der Waals surface area (Å²) in [4.78, 5) is 13.3. The average Bonchev–Trinajstić information content (AvgIpc) is 2.13. The monoisotopic (exact) mass is 251 g/mol. The van der Waals surface area contributed by atoms with E-state index in [1.165, 1.54) is 11.8 Å². The Morgan fingerprint density at radius 2 is 2.07 bits per heavy atom. The molecule has 0 heterocycles. The molecule has 0 aromatic heterocycles. The van der Waals surface area contributed by atoms with Crippen LogP contribution in [0.2, 0.25) is 0 Å². The second-order valence-corrected chi connectivity index (χ2v) is 5.89. The Bertz CT molecular complexity index is 242. The van der Waals surface area contributed by atoms with E-state index in [4.69, 9.17) is 22.1 Å². The van der Waals surface area contributed by atoms with Crippen molar-refractivity contribution in [3.63, 3.8) is 0 Å². The topological polar surface area (TPSA) is 49.8 Å². The van der Waals surface area contributed by atoms with Crippen LogP contribution >= 0.6 is 24.0 Å². The number of hydrogen-bond donors (Lipinski definition) is 1. The molecular weight excluding hydrogens is 234 g/mol. The SMILES string of the molecule is CN(C)C(=S)SC(C)(C)C(=O)OCCO. The third kappa shape index (κ3) is 5.34. The number of thiocarbonyl (C=S) groups is 1. The number of hydrogen-bond acceptors (Lipinski definition) is 5. The lowest BCUT2D eigenvalue weighted by Gasteiger charge is -2.24. The van der Waals surface area contributed by atoms with Crippen molar-refractivity contribution < 1.29 is 14.6 Å². The lowest BCUT2D eigenvalue weighted by molar-refractivity contribution is -0.146. The van der Waals surface area contributed by atoms with Crippen LogP contribution in [0, 0.1) is 0 Å². The molecule has 0 unspecified atom stereocenters. The Morgan fingerprint density at radius 3 is 2.47 bits per heavy atom. The smallest absolute Gasteiger partial charge is 0.322 e. The molecular formula is C9H17NO3S2. The van der Waals surface area contributed by atoms with Crippen LogP contribution in [0.15, 0.2) is 0 Å². The van der Waals surface area contributed by atoms with Gasteiger partial charge in [0.25, 0.3) is 0 Å². The summed E-state index contributed by atoms with van der Waals surface area (Å²) in [5.41, 5.74) is 0. The normalized spacial score (nSPS) is 11.0. The maximum Gasteiger partial charge on any atom is 0.322 e. The van der Waals surface area contributed by atoms with Crippen LogP contribution in [0.1, 0.15) is 13.8 Å². The van der Waals surface area contributed by atoms with Gasteiger partial charge >= 0.3 is 5.97 Å². The average molecular weight is 251 g/mol. The van der Waals surface area contributed by atoms with E-state index < -0.39 is 4.75 Å². The fourth-order valence-electron chi connectivity index (χ4n) is 0.663. The van der Waals surface area contributed by atoms with Gasteiger partial charge in [-0.25, -0.2) is 0 Å². The Kier molecular flexibility index (Phi) is 6.16. The molecule has 0 saturated heterocycles. The summed E-state index contributed by atoms with van der Waals surface area (Å²) in [5, 5.41) is 8.53. The van der Waals surface area contributed by atoms with Crippen molar-refractivity contribution in [3.8, 4) is 0 Å². The number of ether oxygens (including phenoxy) is 1. The van der Waals surface area contributed by atoms with Gasteiger partial charge in [0.15, 0.2) is 0 Å². The van der Waals surface area contributed by atoms with Gasteiger partial charge in [-0.1, -0.05) is 24.0 Å². The molecule has 0 aliphatic carbocycles. The zero-order valence-electron chi connectivity index (χ0n) is 9.44. The second-order valence-electron chi connectivity index (χ2n) is 3.63. The lowest BCUT2D eigenvalue weighted by Crippen LogP contribution is -2.34. The first-order chi connectivity index (χ1) is 6.81. The number of carbonyl (C=O) groups is 1. The van der Waals surface area contributed by atoms with E-state index in [0.717, 1.165) is 0 Å². The van der Waals surface area contributed by atoms with Gasteiger partial charge < -0.3 is 14.7 Å². The number of nitrogens with zero attached hydrogens (tertiary/aromatic N) is 1. The van der Waals surface area contributed by atoms with Crippen LogP contribution in [-0.2, 0) is 9.53 Å². The van der Waals surface area contributed by atoms with Crippen molar-refractivity contribution in [2.24, 2.45) is 0 Å². The zero-order chi connectivity index (χ0) is 12.1. The van der Waals surface area contributed by atoms with Crippen molar-refractivity contribution in [1.82, 2.24) is 4.90 Å². The molecule has 0 amide bonds. The molecule has 0 atom stereocenters. The molecule has 4 nitrogen and oxygen atoms in total. The summed E-state index contributed by atoms with van der Waals surface area (Å²) in [6, 6.07) is 0. The maximum atomic E-state index is 11.5. The minimum absolute atomic E-state index is 0.0253. The third-order valence-electron chi connectivity index (χ3n) is 1.52. The van der Waals surface area contributed by atoms with E-state index in [-0.39, 0.29) is 19.2 Å². The highest BCUT2D eigenvalue weighted by Gasteiger charge is 2.32. The van der Waals surface area contributed by atoms with E-state index in [9.17, 15) is 4.79 Å². The summed E-state index contributed by atoms with van der Waals surface area (Å²) in [5.74, 6) is -0.370. The molecule has 0 aromatic rings. The molecule has 0 aromatic carbocycles. The lowest BCUT2D eigenvalue weighted by atomic mass is 10.2. The fraction of sp³-hybridized carbons (Fsp3) is 0.778. The number of esters is 1. The summed E-state index contributed by atoms with van der Waals surface area (Å²) in [6.07, 6.45) is 0. The summed E-state index contributed by atoms with van der Waals surface area (Å²) in [6.45, 7) is 3.35. The van der Waals surface area contributed by atoms with E-state index >= 15 is 0 Å². The summed E-state index contributed by atoms with van der Waals surface area (Å²) < 4.78 is 4.75. The van der Waals surface area contributed by atoms with Crippen LogP contribution in [0.3, 0.4) is 0 Å². The first-order valence-corrected chi connectivity index (χ1v) is 5.72. The van der Waals surface area contributed by atoms with Crippen LogP contribution in [0.4, 0.5) is 0 Å². The molecule has 0 radical (unpaired) electrons. The van der Waals surface area contributed by atoms with Gasteiger partial charge in [0.2, 0.25) is 0 Å². The highest BCUT2D eigenvalue weighted by Crippen LogP contribution is 2.28. The molecule has 1 N–H and O–H groups in total. The van der Waals surface area contributed by atoms with Gasteiger partial charge in [0.05, 0.1) is 6.61 Å². The molecule has 0 bridgehead atoms. The van der Waals surface area contributed by atoms with Gasteiger partial charge in [-0.15, -0.1) is 0 Å². The van der Waals surface area contributed by atoms with Gasteiger partial charge in [-0.2, -0.15) is 0 Å². The molecule has 6 heteroatoms. The molecule has 88 valence electrons. The van der Waals surface area contributed by atoms with Crippen molar-refractivity contribution >= 4 is 34.3 Å². The second kappa shape index (κ2) is 6.30. The van der Waals surface area contributed by atoms with Gasteiger partial charge in [-0.05, 0) is 13.8 Å². The first kappa shape index (κ1) is 14.7. The van der Waals surface area contributed by atoms with E-state index in [1.807, 2.05) is 14.1 Å². The molecule has 15 heavy (non-hydrogen) atoms. The number of carbonyl (C=O) groups excluding carboxylic acids is 1. The highest BCUT2D eigenvalue weighted by atomic mass is 32.2. The largest absolute Gasteiger partial charge is 0.462 e. The predicted molar refractivity (Wildman–Crippen MR) is 66.0 cm³/mol. The minimum Gasteiger partial charge on any atom is -0.462 e. The van der Waals surface area contributed by atoms with Crippen molar-refractivity contribution in [2.45, 2.75) is 18.6 Å². The Hall–Kier alpha value is -0.330. The summed E-state index contributed by atoms with van der Waals surface area (Å²) >= 11 is 6.36. The molecule has 0 aliphatic heterocycles. The van der Waals surface area contributed by atoms with Crippen molar-refractivity contribution in [1.29, 1.82) is 0 Å². The van der Waals surface area contributed by atoms with E-state index in [2.05, 4.69) is 0 Å². The molecule has 0 aliphatic rings. The minimum atomic E-state index is -0.726. The maximum absolute atomic E-state index is 11.5. The first-order valence-electron chi connectivity index (χ1n) is 4.49. The zero-order valence-corrected chi connectivity index (χ0v) is 11.1. The van der Waals surface area contributed by atoms with Crippen LogP contribution in [0.25, 0.3) is 0 Å². The Balaban J connectivity index is 4.27. The number of thioether (sulfide) groups is 1. The number of aliphatic hydroxyl groups is 1. The number of aliphatic hydroxyl groups excluding tert-OH is 1. The highest BCUT2D eigenvalue weighted by molar-refractivity contribution is 8.24. The van der Waals surface area contributed by atoms with Crippen molar-refractivity contribution in [2.75, 3.05) is 27.3 Å². The van der Waals surface area contributed by atoms with E-state index in [1.54, 1.807) is 18.7 Å². The van der Waals surface area contributed by atoms with Crippen LogP contribution < -0.4 is 0 Å². The summed E-state index contributed by atoms with van der Waals surface area (Å²) in [7, 11) is 3.65. The Morgan fingerprint density at radius 1 is 1.53 bits per heavy atom. The standard InChI is InChI=1S/C9H17NO3S2/c1-9(2,7(12)13-6-5-11)15-8(14)10(3)4/h11H,5-6H2,1-4H3. The van der Waals surface area contributed by atoms with E-state index in [0.29, 0.717) is 4.32 Å². The Labute approximate surface area is 100.0 Å². The van der Waals surface area contributed by atoms with Gasteiger partial charge in [0.1, 0.15) is 15.7 Å². The van der Waals surface area contributed by atoms with Gasteiger partial charge in [-0.3, -0.25) is 4.79 Å². The van der Waals surface area contributed by atoms with Crippen molar-refractivity contribution in [3.05, 3.63) is 0 Å². The molecule has 0 rings (SSSR count). The molecule has 0 spiro atoms. The molecule has 0 saturated carbocycles. The predicted octanol–water partition coefficient (Wildman–Crippen LogP) is 0.880. The van der Waals surface area contributed by atoms with Crippen LogP contribution in [0.5, 0.6) is 0 Å². The van der Waals surface area contributed by atoms with Crippen LogP contribution in [-0.4, -0.2) is 52.4 Å². The fourth-order valence-corrected chi connectivity index (χ4v) is 2.05.